The van der Waals surface area contributed by atoms with Gasteiger partial charge in [0.25, 0.3) is 5.91 Å². The third-order valence-electron chi connectivity index (χ3n) is 6.85. The Labute approximate surface area is 240 Å². The SMILES string of the molecule is CC(C)N(Cc1cccc(OCCCCCC(=O)OC(=O)O)c1)C(=O)c1ccc(-c2ccc3ccccc3c2)cc1. The van der Waals surface area contributed by atoms with Crippen molar-refractivity contribution in [3.05, 3.63) is 102 Å². The highest BCUT2D eigenvalue weighted by Gasteiger charge is 2.19. The van der Waals surface area contributed by atoms with Gasteiger partial charge in [-0.15, -0.1) is 0 Å². The largest absolute Gasteiger partial charge is 0.513 e. The zero-order valence-electron chi connectivity index (χ0n) is 23.4. The molecule has 4 aromatic carbocycles. The number of ether oxygens (including phenoxy) is 2. The van der Waals surface area contributed by atoms with Crippen molar-refractivity contribution in [1.82, 2.24) is 4.90 Å². The van der Waals surface area contributed by atoms with Gasteiger partial charge in [-0.1, -0.05) is 60.7 Å². The second kappa shape index (κ2) is 14.1. The fraction of sp³-hybridized carbons (Fsp3) is 0.265. The molecule has 41 heavy (non-hydrogen) atoms. The topological polar surface area (TPSA) is 93.1 Å². The molecule has 0 aromatic heterocycles. The highest BCUT2D eigenvalue weighted by molar-refractivity contribution is 5.95. The number of amides is 1. The number of nitrogens with zero attached hydrogens (tertiary/aromatic N) is 1. The van der Waals surface area contributed by atoms with Gasteiger partial charge in [-0.3, -0.25) is 9.59 Å². The van der Waals surface area contributed by atoms with Crippen LogP contribution in [-0.2, 0) is 16.1 Å². The van der Waals surface area contributed by atoms with E-state index in [1.165, 1.54) is 10.8 Å². The highest BCUT2D eigenvalue weighted by atomic mass is 16.7. The Kier molecular flexibility index (Phi) is 10.1. The lowest BCUT2D eigenvalue weighted by Crippen LogP contribution is -2.36. The van der Waals surface area contributed by atoms with E-state index < -0.39 is 12.1 Å². The first kappa shape index (κ1) is 29.3. The van der Waals surface area contributed by atoms with E-state index in [4.69, 9.17) is 9.84 Å². The standard InChI is InChI=1S/C34H35NO6/c1-24(2)35(23-25-9-8-12-31(21-25)40-20-7-3-4-13-32(36)41-34(38)39)33(37)28-17-14-27(15-18-28)30-19-16-26-10-5-6-11-29(26)22-30/h5-6,8-12,14-19,21-22,24H,3-4,7,13,20,23H2,1-2H3,(H,38,39). The molecule has 0 heterocycles. The van der Waals surface area contributed by atoms with Crippen molar-refractivity contribution in [1.29, 1.82) is 0 Å². The highest BCUT2D eigenvalue weighted by Crippen LogP contribution is 2.26. The van der Waals surface area contributed by atoms with Crippen LogP contribution in [0.15, 0.2) is 91.0 Å². The summed E-state index contributed by atoms with van der Waals surface area (Å²) in [4.78, 5) is 37.0. The number of hydrogen-bond donors (Lipinski definition) is 1. The zero-order valence-corrected chi connectivity index (χ0v) is 23.4. The van der Waals surface area contributed by atoms with Crippen LogP contribution < -0.4 is 4.74 Å². The number of esters is 1. The molecule has 0 saturated heterocycles. The van der Waals surface area contributed by atoms with Crippen molar-refractivity contribution in [2.24, 2.45) is 0 Å². The number of hydrogen-bond acceptors (Lipinski definition) is 5. The third kappa shape index (κ3) is 8.42. The van der Waals surface area contributed by atoms with E-state index in [9.17, 15) is 14.4 Å². The third-order valence-corrected chi connectivity index (χ3v) is 6.85. The Balaban J connectivity index is 1.33. The molecule has 0 unspecified atom stereocenters. The maximum absolute atomic E-state index is 13.5. The summed E-state index contributed by atoms with van der Waals surface area (Å²) in [6.45, 7) is 4.93. The molecule has 7 nitrogen and oxygen atoms in total. The average molecular weight is 554 g/mol. The van der Waals surface area contributed by atoms with Gasteiger partial charge in [-0.2, -0.15) is 0 Å². The molecule has 0 radical (unpaired) electrons. The molecule has 0 aliphatic rings. The summed E-state index contributed by atoms with van der Waals surface area (Å²) in [5, 5.41) is 10.8. The van der Waals surface area contributed by atoms with Crippen LogP contribution in [0, 0.1) is 0 Å². The van der Waals surface area contributed by atoms with Gasteiger partial charge in [0.15, 0.2) is 0 Å². The molecule has 212 valence electrons. The number of carbonyl (C=O) groups excluding carboxylic acids is 2. The molecular formula is C34H35NO6. The lowest BCUT2D eigenvalue weighted by Gasteiger charge is -2.27. The summed E-state index contributed by atoms with van der Waals surface area (Å²) >= 11 is 0. The van der Waals surface area contributed by atoms with Crippen LogP contribution >= 0.6 is 0 Å². The summed E-state index contributed by atoms with van der Waals surface area (Å²) in [6.07, 6.45) is 0.447. The molecule has 0 aliphatic heterocycles. The Morgan fingerprint density at radius 2 is 1.51 bits per heavy atom. The Hall–Kier alpha value is -4.65. The monoisotopic (exact) mass is 553 g/mol. The second-order valence-corrected chi connectivity index (χ2v) is 10.2. The van der Waals surface area contributed by atoms with Gasteiger partial charge in [0.2, 0.25) is 0 Å². The van der Waals surface area contributed by atoms with Crippen LogP contribution in [-0.4, -0.2) is 40.7 Å². The van der Waals surface area contributed by atoms with Gasteiger partial charge >= 0.3 is 12.1 Å². The fourth-order valence-electron chi connectivity index (χ4n) is 4.65. The molecule has 4 aromatic rings. The quantitative estimate of drug-likeness (QED) is 0.110. The fourth-order valence-corrected chi connectivity index (χ4v) is 4.65. The maximum atomic E-state index is 13.5. The maximum Gasteiger partial charge on any atom is 0.513 e. The predicted molar refractivity (Wildman–Crippen MR) is 159 cm³/mol. The van der Waals surface area contributed by atoms with E-state index in [1.807, 2.05) is 79.4 Å². The lowest BCUT2D eigenvalue weighted by molar-refractivity contribution is -0.139. The molecule has 0 saturated carbocycles. The smallest absolute Gasteiger partial charge is 0.494 e. The minimum absolute atomic E-state index is 0.0000517. The number of rotatable bonds is 12. The van der Waals surface area contributed by atoms with Crippen molar-refractivity contribution in [3.63, 3.8) is 0 Å². The first-order chi connectivity index (χ1) is 19.8. The number of fused-ring (bicyclic) bond motifs is 1. The van der Waals surface area contributed by atoms with E-state index in [0.717, 1.165) is 23.1 Å². The molecule has 0 atom stereocenters. The van der Waals surface area contributed by atoms with Crippen LogP contribution in [0.1, 0.15) is 55.5 Å². The summed E-state index contributed by atoms with van der Waals surface area (Å²) in [5.74, 6) is -0.0577. The van der Waals surface area contributed by atoms with Gasteiger partial charge in [0.05, 0.1) is 6.61 Å². The molecule has 0 aliphatic carbocycles. The van der Waals surface area contributed by atoms with E-state index in [-0.39, 0.29) is 18.4 Å². The molecule has 0 fully saturated rings. The van der Waals surface area contributed by atoms with Crippen LogP contribution in [0.3, 0.4) is 0 Å². The van der Waals surface area contributed by atoms with Crippen LogP contribution in [0.2, 0.25) is 0 Å². The molecule has 7 heteroatoms. The van der Waals surface area contributed by atoms with Crippen LogP contribution in [0.5, 0.6) is 5.75 Å². The molecular weight excluding hydrogens is 518 g/mol. The number of unbranched alkanes of at least 4 members (excludes halogenated alkanes) is 2. The predicted octanol–water partition coefficient (Wildman–Crippen LogP) is 7.72. The van der Waals surface area contributed by atoms with Crippen LogP contribution in [0.25, 0.3) is 21.9 Å². The van der Waals surface area contributed by atoms with Crippen molar-refractivity contribution in [2.45, 2.75) is 52.1 Å². The molecule has 0 bridgehead atoms. The zero-order chi connectivity index (χ0) is 29.2. The Bertz CT molecular complexity index is 1490. The van der Waals surface area contributed by atoms with E-state index in [0.29, 0.717) is 37.3 Å². The van der Waals surface area contributed by atoms with E-state index in [2.05, 4.69) is 35.1 Å². The van der Waals surface area contributed by atoms with Crippen LogP contribution in [0.4, 0.5) is 4.79 Å². The number of benzene rings is 4. The summed E-state index contributed by atoms with van der Waals surface area (Å²) in [6, 6.07) is 30.1. The minimum Gasteiger partial charge on any atom is -0.494 e. The van der Waals surface area contributed by atoms with Gasteiger partial charge < -0.3 is 19.5 Å². The Morgan fingerprint density at radius 3 is 2.24 bits per heavy atom. The van der Waals surface area contributed by atoms with Crippen molar-refractivity contribution < 1.29 is 29.0 Å². The molecule has 1 amide bonds. The molecule has 1 N–H and O–H groups in total. The van der Waals surface area contributed by atoms with E-state index in [1.54, 1.807) is 0 Å². The first-order valence-corrected chi connectivity index (χ1v) is 13.9. The van der Waals surface area contributed by atoms with Gasteiger partial charge in [-0.05, 0) is 90.9 Å². The molecule has 0 spiro atoms. The Morgan fingerprint density at radius 1 is 0.780 bits per heavy atom. The number of carbonyl (C=O) groups is 3. The van der Waals surface area contributed by atoms with Gasteiger partial charge in [0.1, 0.15) is 5.75 Å². The number of carboxylic acid groups (broad SMARTS) is 1. The lowest BCUT2D eigenvalue weighted by atomic mass is 10.00. The minimum atomic E-state index is -1.58. The summed E-state index contributed by atoms with van der Waals surface area (Å²) in [5.41, 5.74) is 3.78. The van der Waals surface area contributed by atoms with Gasteiger partial charge in [-0.25, -0.2) is 4.79 Å². The normalized spacial score (nSPS) is 10.9. The van der Waals surface area contributed by atoms with Crippen molar-refractivity contribution in [3.8, 4) is 16.9 Å². The summed E-state index contributed by atoms with van der Waals surface area (Å²) < 4.78 is 9.96. The van der Waals surface area contributed by atoms with Crippen molar-refractivity contribution >= 4 is 28.8 Å². The van der Waals surface area contributed by atoms with Gasteiger partial charge in [0, 0.05) is 24.6 Å². The van der Waals surface area contributed by atoms with E-state index >= 15 is 0 Å². The van der Waals surface area contributed by atoms with Crippen molar-refractivity contribution in [2.75, 3.05) is 6.61 Å². The average Bonchev–Trinajstić information content (AvgIpc) is 2.97. The first-order valence-electron chi connectivity index (χ1n) is 13.9. The summed E-state index contributed by atoms with van der Waals surface area (Å²) in [7, 11) is 0. The second-order valence-electron chi connectivity index (χ2n) is 10.2. The molecule has 4 rings (SSSR count).